The zero-order valence-electron chi connectivity index (χ0n) is 9.88. The van der Waals surface area contributed by atoms with E-state index >= 15 is 0 Å². The fraction of sp³-hybridized carbons (Fsp3) is 0.462. The molecule has 5 heteroatoms. The summed E-state index contributed by atoms with van der Waals surface area (Å²) in [5.74, 6) is 0.200. The molecule has 18 heavy (non-hydrogen) atoms. The highest BCUT2D eigenvalue weighted by Crippen LogP contribution is 2.31. The zero-order chi connectivity index (χ0) is 13.2. The molecule has 1 aromatic rings. The summed E-state index contributed by atoms with van der Waals surface area (Å²) in [7, 11) is 0. The Morgan fingerprint density at radius 2 is 2.06 bits per heavy atom. The van der Waals surface area contributed by atoms with E-state index in [4.69, 9.17) is 23.2 Å². The highest BCUT2D eigenvalue weighted by molar-refractivity contribution is 6.32. The van der Waals surface area contributed by atoms with Gasteiger partial charge in [0.05, 0.1) is 10.6 Å². The van der Waals surface area contributed by atoms with E-state index in [1.165, 1.54) is 12.1 Å². The Hall–Kier alpha value is -0.930. The van der Waals surface area contributed by atoms with Gasteiger partial charge in [0.1, 0.15) is 5.75 Å². The molecule has 0 heterocycles. The first-order chi connectivity index (χ1) is 8.56. The molecule has 0 aromatic heterocycles. The van der Waals surface area contributed by atoms with Crippen LogP contribution in [0.5, 0.6) is 5.75 Å². The second-order valence-corrected chi connectivity index (χ2v) is 5.42. The Labute approximate surface area is 116 Å². The Morgan fingerprint density at radius 3 is 2.61 bits per heavy atom. The fourth-order valence-electron chi connectivity index (χ4n) is 2.30. The average molecular weight is 288 g/mol. The van der Waals surface area contributed by atoms with Gasteiger partial charge in [-0.05, 0) is 31.0 Å². The van der Waals surface area contributed by atoms with Crippen LogP contribution in [0.3, 0.4) is 0 Å². The van der Waals surface area contributed by atoms with Gasteiger partial charge in [-0.15, -0.1) is 11.6 Å². The van der Waals surface area contributed by atoms with Crippen LogP contribution in [0.25, 0.3) is 0 Å². The Kier molecular flexibility index (Phi) is 4.03. The number of carbonyl (C=O) groups is 1. The smallest absolute Gasteiger partial charge is 0.251 e. The van der Waals surface area contributed by atoms with Crippen molar-refractivity contribution in [1.29, 1.82) is 0 Å². The van der Waals surface area contributed by atoms with Gasteiger partial charge in [-0.1, -0.05) is 24.4 Å². The quantitative estimate of drug-likeness (QED) is 0.838. The SMILES string of the molecule is O=C(NC1(CCl)CCCC1)c1ccc(O)c(Cl)c1. The van der Waals surface area contributed by atoms with Crippen LogP contribution >= 0.6 is 23.2 Å². The van der Waals surface area contributed by atoms with Crippen LogP contribution in [-0.4, -0.2) is 22.4 Å². The van der Waals surface area contributed by atoms with Crippen molar-refractivity contribution in [2.45, 2.75) is 31.2 Å². The molecule has 0 spiro atoms. The van der Waals surface area contributed by atoms with Gasteiger partial charge < -0.3 is 10.4 Å². The summed E-state index contributed by atoms with van der Waals surface area (Å²) in [4.78, 5) is 12.1. The van der Waals surface area contributed by atoms with E-state index in [0.29, 0.717) is 11.4 Å². The van der Waals surface area contributed by atoms with Crippen LogP contribution in [0.15, 0.2) is 18.2 Å². The maximum atomic E-state index is 12.1. The molecule has 98 valence electrons. The van der Waals surface area contributed by atoms with Crippen LogP contribution in [-0.2, 0) is 0 Å². The van der Waals surface area contributed by atoms with Crippen LogP contribution in [0.2, 0.25) is 5.02 Å². The number of amides is 1. The number of hydrogen-bond acceptors (Lipinski definition) is 2. The normalized spacial score (nSPS) is 17.7. The molecule has 1 aliphatic carbocycles. The molecule has 0 saturated heterocycles. The predicted octanol–water partition coefficient (Wildman–Crippen LogP) is 3.33. The van der Waals surface area contributed by atoms with Gasteiger partial charge in [0, 0.05) is 11.4 Å². The van der Waals surface area contributed by atoms with E-state index < -0.39 is 0 Å². The van der Waals surface area contributed by atoms with Crippen LogP contribution in [0.4, 0.5) is 0 Å². The third kappa shape index (κ3) is 2.73. The van der Waals surface area contributed by atoms with Crippen molar-refractivity contribution in [3.8, 4) is 5.75 Å². The molecule has 0 radical (unpaired) electrons. The number of phenolic OH excluding ortho intramolecular Hbond substituents is 1. The molecule has 1 aromatic carbocycles. The van der Waals surface area contributed by atoms with Gasteiger partial charge in [-0.2, -0.15) is 0 Å². The van der Waals surface area contributed by atoms with Crippen molar-refractivity contribution >= 4 is 29.1 Å². The molecule has 2 rings (SSSR count). The number of hydrogen-bond donors (Lipinski definition) is 2. The minimum Gasteiger partial charge on any atom is -0.506 e. The second kappa shape index (κ2) is 5.37. The summed E-state index contributed by atoms with van der Waals surface area (Å²) >= 11 is 11.8. The van der Waals surface area contributed by atoms with Crippen LogP contribution < -0.4 is 5.32 Å². The van der Waals surface area contributed by atoms with Crippen molar-refractivity contribution < 1.29 is 9.90 Å². The summed E-state index contributed by atoms with van der Waals surface area (Å²) in [5, 5.41) is 12.5. The topological polar surface area (TPSA) is 49.3 Å². The van der Waals surface area contributed by atoms with Crippen molar-refractivity contribution in [3.05, 3.63) is 28.8 Å². The lowest BCUT2D eigenvalue weighted by Crippen LogP contribution is -2.47. The molecule has 1 amide bonds. The lowest BCUT2D eigenvalue weighted by molar-refractivity contribution is 0.0909. The lowest BCUT2D eigenvalue weighted by atomic mass is 9.99. The van der Waals surface area contributed by atoms with Gasteiger partial charge >= 0.3 is 0 Å². The van der Waals surface area contributed by atoms with E-state index in [9.17, 15) is 9.90 Å². The predicted molar refractivity (Wildman–Crippen MR) is 72.5 cm³/mol. The van der Waals surface area contributed by atoms with Crippen molar-refractivity contribution in [1.82, 2.24) is 5.32 Å². The third-order valence-corrected chi connectivity index (χ3v) is 4.22. The molecular formula is C13H15Cl2NO2. The number of aromatic hydroxyl groups is 1. The number of carbonyl (C=O) groups excluding carboxylic acids is 1. The number of halogens is 2. The molecule has 0 unspecified atom stereocenters. The van der Waals surface area contributed by atoms with Crippen molar-refractivity contribution in [3.63, 3.8) is 0 Å². The fourth-order valence-corrected chi connectivity index (χ4v) is 2.82. The number of phenols is 1. The van der Waals surface area contributed by atoms with Crippen molar-refractivity contribution in [2.24, 2.45) is 0 Å². The minimum absolute atomic E-state index is 0.0267. The second-order valence-electron chi connectivity index (χ2n) is 4.74. The van der Waals surface area contributed by atoms with E-state index in [2.05, 4.69) is 5.32 Å². The highest BCUT2D eigenvalue weighted by atomic mass is 35.5. The molecule has 2 N–H and O–H groups in total. The van der Waals surface area contributed by atoms with Crippen LogP contribution in [0, 0.1) is 0 Å². The number of alkyl halides is 1. The standard InChI is InChI=1S/C13H15Cl2NO2/c14-8-13(5-1-2-6-13)16-12(18)9-3-4-11(17)10(15)7-9/h3-4,7,17H,1-2,5-6,8H2,(H,16,18). The van der Waals surface area contributed by atoms with E-state index in [1.54, 1.807) is 6.07 Å². The average Bonchev–Trinajstić information content (AvgIpc) is 2.82. The highest BCUT2D eigenvalue weighted by Gasteiger charge is 2.34. The Morgan fingerprint density at radius 1 is 1.39 bits per heavy atom. The maximum absolute atomic E-state index is 12.1. The maximum Gasteiger partial charge on any atom is 0.251 e. The first-order valence-corrected chi connectivity index (χ1v) is 6.85. The molecule has 1 aliphatic rings. The minimum atomic E-state index is -0.289. The molecule has 1 saturated carbocycles. The summed E-state index contributed by atoms with van der Waals surface area (Å²) in [6.45, 7) is 0. The zero-order valence-corrected chi connectivity index (χ0v) is 11.4. The number of benzene rings is 1. The molecular weight excluding hydrogens is 273 g/mol. The van der Waals surface area contributed by atoms with Gasteiger partial charge in [0.15, 0.2) is 0 Å². The lowest BCUT2D eigenvalue weighted by Gasteiger charge is -2.27. The molecule has 1 fully saturated rings. The van der Waals surface area contributed by atoms with Gasteiger partial charge in [0.25, 0.3) is 5.91 Å². The summed E-state index contributed by atoms with van der Waals surface area (Å²) < 4.78 is 0. The monoisotopic (exact) mass is 287 g/mol. The van der Waals surface area contributed by atoms with Crippen LogP contribution in [0.1, 0.15) is 36.0 Å². The summed E-state index contributed by atoms with van der Waals surface area (Å²) in [6.07, 6.45) is 3.99. The first-order valence-electron chi connectivity index (χ1n) is 5.93. The Bertz CT molecular complexity index is 456. The van der Waals surface area contributed by atoms with Gasteiger partial charge in [0.2, 0.25) is 0 Å². The van der Waals surface area contributed by atoms with Gasteiger partial charge in [-0.25, -0.2) is 0 Å². The number of rotatable bonds is 3. The summed E-state index contributed by atoms with van der Waals surface area (Å²) in [6, 6.07) is 4.43. The van der Waals surface area contributed by atoms with E-state index in [1.807, 2.05) is 0 Å². The first kappa shape index (κ1) is 13.5. The molecule has 0 aliphatic heterocycles. The van der Waals surface area contributed by atoms with E-state index in [-0.39, 0.29) is 22.2 Å². The molecule has 3 nitrogen and oxygen atoms in total. The Balaban J connectivity index is 2.13. The van der Waals surface area contributed by atoms with Crippen molar-refractivity contribution in [2.75, 3.05) is 5.88 Å². The third-order valence-electron chi connectivity index (χ3n) is 3.41. The molecule has 0 atom stereocenters. The largest absolute Gasteiger partial charge is 0.506 e. The summed E-state index contributed by atoms with van der Waals surface area (Å²) in [5.41, 5.74) is 0.150. The van der Waals surface area contributed by atoms with E-state index in [0.717, 1.165) is 25.7 Å². The number of nitrogens with one attached hydrogen (secondary N) is 1. The van der Waals surface area contributed by atoms with Gasteiger partial charge in [-0.3, -0.25) is 4.79 Å². The molecule has 0 bridgehead atoms.